The molecule has 0 saturated carbocycles. The second-order valence-electron chi connectivity index (χ2n) is 4.79. The average molecular weight is 307 g/mol. The molecule has 1 unspecified atom stereocenters. The fraction of sp³-hybridized carbons (Fsp3) is 0.312. The maximum atomic E-state index is 13.6. The van der Waals surface area contributed by atoms with Crippen LogP contribution in [0.15, 0.2) is 41.0 Å². The zero-order valence-electron chi connectivity index (χ0n) is 12.2. The lowest BCUT2D eigenvalue weighted by Crippen LogP contribution is -2.30. The number of methoxy groups -OCH3 is 1. The smallest absolute Gasteiger partial charge is 0.220 e. The maximum absolute atomic E-state index is 13.6. The Labute approximate surface area is 127 Å². The van der Waals surface area contributed by atoms with Gasteiger partial charge in [-0.05, 0) is 36.2 Å². The van der Waals surface area contributed by atoms with Gasteiger partial charge in [0.15, 0.2) is 11.6 Å². The monoisotopic (exact) mass is 307 g/mol. The lowest BCUT2D eigenvalue weighted by Gasteiger charge is -2.14. The van der Waals surface area contributed by atoms with E-state index in [9.17, 15) is 14.3 Å². The van der Waals surface area contributed by atoms with Crippen molar-refractivity contribution >= 4 is 5.91 Å². The molecule has 0 aliphatic carbocycles. The molecule has 0 radical (unpaired) electrons. The van der Waals surface area contributed by atoms with Crippen LogP contribution >= 0.6 is 0 Å². The van der Waals surface area contributed by atoms with Crippen molar-refractivity contribution in [1.82, 2.24) is 5.32 Å². The molecule has 1 amide bonds. The van der Waals surface area contributed by atoms with Gasteiger partial charge in [-0.1, -0.05) is 6.07 Å². The Morgan fingerprint density at radius 2 is 2.27 bits per heavy atom. The number of carbonyl (C=O) groups excluding carboxylic acids is 1. The van der Waals surface area contributed by atoms with Crippen LogP contribution in [0.1, 0.15) is 23.8 Å². The van der Waals surface area contributed by atoms with Crippen molar-refractivity contribution in [1.29, 1.82) is 0 Å². The van der Waals surface area contributed by atoms with Gasteiger partial charge in [0.2, 0.25) is 5.91 Å². The number of amides is 1. The van der Waals surface area contributed by atoms with Crippen molar-refractivity contribution in [2.75, 3.05) is 13.7 Å². The van der Waals surface area contributed by atoms with Gasteiger partial charge in [0.1, 0.15) is 11.8 Å². The van der Waals surface area contributed by atoms with E-state index in [0.717, 1.165) is 0 Å². The Balaban J connectivity index is 1.88. The molecule has 0 saturated heterocycles. The first-order valence-corrected chi connectivity index (χ1v) is 6.90. The van der Waals surface area contributed by atoms with Gasteiger partial charge >= 0.3 is 0 Å². The van der Waals surface area contributed by atoms with Gasteiger partial charge in [0.25, 0.3) is 0 Å². The van der Waals surface area contributed by atoms with Crippen LogP contribution < -0.4 is 10.1 Å². The molecule has 0 fully saturated rings. The number of hydrogen-bond donors (Lipinski definition) is 2. The van der Waals surface area contributed by atoms with Gasteiger partial charge in [-0.2, -0.15) is 0 Å². The van der Waals surface area contributed by atoms with Crippen LogP contribution in [0.3, 0.4) is 0 Å². The predicted molar refractivity (Wildman–Crippen MR) is 78.0 cm³/mol. The number of aryl methyl sites for hydroxylation is 1. The molecular weight excluding hydrogens is 289 g/mol. The number of benzene rings is 1. The van der Waals surface area contributed by atoms with Crippen molar-refractivity contribution in [2.24, 2.45) is 0 Å². The number of furan rings is 1. The summed E-state index contributed by atoms with van der Waals surface area (Å²) in [6.45, 7) is -0.254. The van der Waals surface area contributed by atoms with E-state index in [1.165, 1.54) is 25.5 Å². The second-order valence-corrected chi connectivity index (χ2v) is 4.79. The Kier molecular flexibility index (Phi) is 5.55. The molecule has 0 aliphatic rings. The third-order valence-corrected chi connectivity index (χ3v) is 3.26. The third kappa shape index (κ3) is 4.08. The SMILES string of the molecule is COc1ccc(CCC(=O)NC(CO)c2ccco2)cc1F. The fourth-order valence-electron chi connectivity index (χ4n) is 2.09. The van der Waals surface area contributed by atoms with Crippen molar-refractivity contribution < 1.29 is 23.4 Å². The fourth-order valence-corrected chi connectivity index (χ4v) is 2.09. The molecule has 2 rings (SSSR count). The highest BCUT2D eigenvalue weighted by atomic mass is 19.1. The average Bonchev–Trinajstić information content (AvgIpc) is 3.05. The number of ether oxygens (including phenoxy) is 1. The summed E-state index contributed by atoms with van der Waals surface area (Å²) in [5.41, 5.74) is 0.701. The van der Waals surface area contributed by atoms with Crippen LogP contribution in [-0.4, -0.2) is 24.7 Å². The summed E-state index contributed by atoms with van der Waals surface area (Å²) in [6, 6.07) is 7.38. The highest BCUT2D eigenvalue weighted by Crippen LogP contribution is 2.19. The molecule has 5 nitrogen and oxygen atoms in total. The summed E-state index contributed by atoms with van der Waals surface area (Å²) in [5, 5.41) is 12.0. The first-order valence-electron chi connectivity index (χ1n) is 6.90. The number of aliphatic hydroxyl groups excluding tert-OH is 1. The first kappa shape index (κ1) is 16.0. The zero-order chi connectivity index (χ0) is 15.9. The number of aliphatic hydroxyl groups is 1. The molecule has 0 aliphatic heterocycles. The minimum Gasteiger partial charge on any atom is -0.494 e. The van der Waals surface area contributed by atoms with E-state index in [0.29, 0.717) is 17.7 Å². The van der Waals surface area contributed by atoms with Crippen molar-refractivity contribution in [3.8, 4) is 5.75 Å². The number of carbonyl (C=O) groups is 1. The summed E-state index contributed by atoms with van der Waals surface area (Å²) < 4.78 is 23.5. The summed E-state index contributed by atoms with van der Waals surface area (Å²) in [4.78, 5) is 11.9. The van der Waals surface area contributed by atoms with Gasteiger partial charge in [0, 0.05) is 6.42 Å². The molecule has 1 heterocycles. The molecule has 0 spiro atoms. The Hall–Kier alpha value is -2.34. The second kappa shape index (κ2) is 7.61. The van der Waals surface area contributed by atoms with Crippen molar-refractivity contribution in [3.05, 3.63) is 53.7 Å². The van der Waals surface area contributed by atoms with Gasteiger partial charge < -0.3 is 19.6 Å². The van der Waals surface area contributed by atoms with Gasteiger partial charge in [-0.15, -0.1) is 0 Å². The minimum absolute atomic E-state index is 0.173. The lowest BCUT2D eigenvalue weighted by molar-refractivity contribution is -0.122. The van der Waals surface area contributed by atoms with Crippen LogP contribution in [0.2, 0.25) is 0 Å². The summed E-state index contributed by atoms with van der Waals surface area (Å²) in [7, 11) is 1.40. The van der Waals surface area contributed by atoms with E-state index < -0.39 is 11.9 Å². The summed E-state index contributed by atoms with van der Waals surface area (Å²) in [5.74, 6) is -0.0337. The van der Waals surface area contributed by atoms with E-state index in [2.05, 4.69) is 5.32 Å². The lowest BCUT2D eigenvalue weighted by atomic mass is 10.1. The zero-order valence-corrected chi connectivity index (χ0v) is 12.2. The van der Waals surface area contributed by atoms with Crippen LogP contribution in [0, 0.1) is 5.82 Å². The highest BCUT2D eigenvalue weighted by Gasteiger charge is 2.16. The van der Waals surface area contributed by atoms with E-state index >= 15 is 0 Å². The van der Waals surface area contributed by atoms with Gasteiger partial charge in [-0.3, -0.25) is 4.79 Å². The van der Waals surface area contributed by atoms with Gasteiger partial charge in [0.05, 0.1) is 20.0 Å². The first-order chi connectivity index (χ1) is 10.6. The molecular formula is C16H18FNO4. The number of hydrogen-bond acceptors (Lipinski definition) is 4. The molecule has 0 bridgehead atoms. The van der Waals surface area contributed by atoms with Crippen LogP contribution in [-0.2, 0) is 11.2 Å². The van der Waals surface area contributed by atoms with Crippen molar-refractivity contribution in [3.63, 3.8) is 0 Å². The largest absolute Gasteiger partial charge is 0.494 e. The molecule has 2 N–H and O–H groups in total. The minimum atomic E-state index is -0.574. The normalized spacial score (nSPS) is 12.0. The van der Waals surface area contributed by atoms with E-state index in [1.54, 1.807) is 18.2 Å². The van der Waals surface area contributed by atoms with Crippen LogP contribution in [0.4, 0.5) is 4.39 Å². The van der Waals surface area contributed by atoms with Crippen LogP contribution in [0.25, 0.3) is 0 Å². The van der Waals surface area contributed by atoms with E-state index in [-0.39, 0.29) is 24.7 Å². The number of rotatable bonds is 7. The maximum Gasteiger partial charge on any atom is 0.220 e. The Morgan fingerprint density at radius 1 is 1.45 bits per heavy atom. The van der Waals surface area contributed by atoms with E-state index in [4.69, 9.17) is 9.15 Å². The Bertz CT molecular complexity index is 613. The standard InChI is InChI=1S/C16H18FNO4/c1-21-14-6-4-11(9-12(14)17)5-7-16(20)18-13(10-19)15-3-2-8-22-15/h2-4,6,8-9,13,19H,5,7,10H2,1H3,(H,18,20). The van der Waals surface area contributed by atoms with E-state index in [1.807, 2.05) is 0 Å². The topological polar surface area (TPSA) is 71.7 Å². The molecule has 1 aromatic carbocycles. The summed E-state index contributed by atoms with van der Waals surface area (Å²) >= 11 is 0. The highest BCUT2D eigenvalue weighted by molar-refractivity contribution is 5.76. The molecule has 6 heteroatoms. The molecule has 1 atom stereocenters. The Morgan fingerprint density at radius 3 is 2.86 bits per heavy atom. The van der Waals surface area contributed by atoms with Crippen molar-refractivity contribution in [2.45, 2.75) is 18.9 Å². The molecule has 1 aromatic heterocycles. The molecule has 2 aromatic rings. The quantitative estimate of drug-likeness (QED) is 0.822. The summed E-state index contributed by atoms with van der Waals surface area (Å²) in [6.07, 6.45) is 2.05. The van der Waals surface area contributed by atoms with Crippen LogP contribution in [0.5, 0.6) is 5.75 Å². The predicted octanol–water partition coefficient (Wildman–Crippen LogP) is 2.21. The van der Waals surface area contributed by atoms with Gasteiger partial charge in [-0.25, -0.2) is 4.39 Å². The third-order valence-electron chi connectivity index (χ3n) is 3.26. The molecule has 118 valence electrons. The number of nitrogens with one attached hydrogen (secondary N) is 1. The molecule has 22 heavy (non-hydrogen) atoms. The number of halogens is 1.